The van der Waals surface area contributed by atoms with Crippen LogP contribution in [-0.2, 0) is 82.9 Å². The number of carbonyl (C=O) groups excluding carboxylic acids is 13. The Balaban J connectivity index is 1.68. The van der Waals surface area contributed by atoms with Crippen molar-refractivity contribution < 1.29 is 86.0 Å². The molecule has 6 amide bonds. The van der Waals surface area contributed by atoms with Crippen molar-refractivity contribution in [3.63, 3.8) is 0 Å². The Kier molecular flexibility index (Phi) is 36.4. The summed E-state index contributed by atoms with van der Waals surface area (Å²) in [5.41, 5.74) is -0.487. The number of methoxy groups -OCH3 is 1. The van der Waals surface area contributed by atoms with Crippen LogP contribution < -0.4 is 31.3 Å². The van der Waals surface area contributed by atoms with Crippen LogP contribution in [0, 0.1) is 47.3 Å². The minimum Gasteiger partial charge on any atom is -0.469 e. The summed E-state index contributed by atoms with van der Waals surface area (Å²) >= 11 is 3.85. The molecule has 2 aliphatic heterocycles. The number of hydrogen-bond donors (Lipinski definition) is 5. The number of ether oxygens (including phenoxy) is 5. The standard InChI is InChI=1S/C73H112N8O18S3/c1-19-43(8)52(36-60(86)73(13,14)80(15)16)70(92)81(17)55(41(4)5)37-59(98-47(12)82)69-78-54(38-100-69)67(90)76-49(31-44(9)71(93)95-18)33-48-22-23-58-53(34-48)77-65(88)46(11)75-66(89)51(40(2)3)35-50(83)24-28-97-30-26-74-68(91)64-63(101-39-102-64)56(84)21-20-27-96-29-25-61(87)79-62(42(6)7)57(85)32-45(10)72(94)99-58/h22-23,34,38,40-46,49,51-52,55,59,62-64H,19-21,24-33,35-37,39H2,1-18H3,(H,74,91)(H,75,89)(H,76,90)(H,77,88)(H,79,87)/t43-,44?,45?,46?,49+,51?,52-,55+,59+,62?,63?,64?/m0/s1. The summed E-state index contributed by atoms with van der Waals surface area (Å²) in [6.07, 6.45) is -0.360. The van der Waals surface area contributed by atoms with Crippen molar-refractivity contribution >= 4 is 117 Å². The van der Waals surface area contributed by atoms with Gasteiger partial charge in [-0.25, -0.2) is 4.98 Å². The summed E-state index contributed by atoms with van der Waals surface area (Å²) in [4.78, 5) is 186. The molecule has 1 fully saturated rings. The van der Waals surface area contributed by atoms with Gasteiger partial charge in [0.1, 0.15) is 33.6 Å². The molecule has 12 atom stereocenters. The van der Waals surface area contributed by atoms with E-state index in [4.69, 9.17) is 23.7 Å². The van der Waals surface area contributed by atoms with Crippen LogP contribution >= 0.6 is 34.9 Å². The highest BCUT2D eigenvalue weighted by Gasteiger charge is 2.41. The van der Waals surface area contributed by atoms with Gasteiger partial charge in [-0.3, -0.25) is 67.2 Å². The lowest BCUT2D eigenvalue weighted by molar-refractivity contribution is -0.150. The van der Waals surface area contributed by atoms with Gasteiger partial charge in [0.05, 0.1) is 61.3 Å². The predicted molar refractivity (Wildman–Crippen MR) is 391 cm³/mol. The maximum atomic E-state index is 14.6. The van der Waals surface area contributed by atoms with E-state index in [0.717, 1.165) is 11.3 Å². The van der Waals surface area contributed by atoms with Crippen molar-refractivity contribution in [1.29, 1.82) is 0 Å². The first-order chi connectivity index (χ1) is 47.9. The number of likely N-dealkylation sites (N-methyl/N-ethyl adjacent to an activating group) is 1. The van der Waals surface area contributed by atoms with Crippen molar-refractivity contribution in [3.8, 4) is 5.75 Å². The predicted octanol–water partition coefficient (Wildman–Crippen LogP) is 7.91. The van der Waals surface area contributed by atoms with Crippen LogP contribution in [-0.4, -0.2) is 198 Å². The molecule has 0 spiro atoms. The quantitative estimate of drug-likeness (QED) is 0.0552. The molecule has 1 saturated heterocycles. The summed E-state index contributed by atoms with van der Waals surface area (Å²) in [5, 5.41) is 15.3. The Hall–Kier alpha value is -6.66. The van der Waals surface area contributed by atoms with Gasteiger partial charge in [-0.05, 0) is 95.5 Å². The van der Waals surface area contributed by atoms with Crippen LogP contribution in [0.15, 0.2) is 23.6 Å². The highest BCUT2D eigenvalue weighted by atomic mass is 32.2. The molecule has 1 aromatic heterocycles. The fourth-order valence-corrected chi connectivity index (χ4v) is 15.7. The molecule has 26 nitrogen and oxygen atoms in total. The second-order valence-electron chi connectivity index (χ2n) is 28.6. The van der Waals surface area contributed by atoms with E-state index in [1.165, 1.54) is 68.9 Å². The van der Waals surface area contributed by atoms with E-state index in [9.17, 15) is 62.3 Å². The third-order valence-corrected chi connectivity index (χ3v) is 23.0. The number of aromatic nitrogens is 1. The zero-order chi connectivity index (χ0) is 76.5. The number of anilines is 1. The first-order valence-corrected chi connectivity index (χ1v) is 38.4. The first-order valence-electron chi connectivity index (χ1n) is 35.4. The van der Waals surface area contributed by atoms with E-state index < -0.39 is 123 Å². The zero-order valence-corrected chi connectivity index (χ0v) is 65.4. The summed E-state index contributed by atoms with van der Waals surface area (Å²) in [5.74, 6) is -10.5. The SMILES string of the molecule is CC[C@H](C)[C@H](CC(=O)C(C)(C)N(C)C)C(=O)N(C)[C@H](C[C@@H](OC(C)=O)c1nc(C(=O)N[C@@H](Cc2ccc3c(c2)NC(=O)C(C)NC(=O)C(C(C)C)CC(=O)CCOCCNC(=O)C2SCSC2C(=O)CCCOCCC(=O)NC(C(C)C)C(=O)CC(C)C(=O)O3)CC(C)C(=O)OC)cs1)C(C)C. The Morgan fingerprint density at radius 2 is 1.46 bits per heavy atom. The lowest BCUT2D eigenvalue weighted by atomic mass is 9.81. The van der Waals surface area contributed by atoms with E-state index >= 15 is 0 Å². The summed E-state index contributed by atoms with van der Waals surface area (Å²) in [7, 11) is 6.56. The third kappa shape index (κ3) is 27.1. The summed E-state index contributed by atoms with van der Waals surface area (Å²) in [6, 6.07) is 0.869. The molecule has 2 aliphatic rings. The average Bonchev–Trinajstić information content (AvgIpc) is 1.01. The first kappa shape index (κ1) is 87.7. The lowest BCUT2D eigenvalue weighted by Gasteiger charge is -2.38. The molecule has 5 N–H and O–H groups in total. The highest BCUT2D eigenvalue weighted by Crippen LogP contribution is 2.39. The average molecular weight is 1490 g/mol. The van der Waals surface area contributed by atoms with E-state index in [-0.39, 0.29) is 160 Å². The Morgan fingerprint density at radius 1 is 0.794 bits per heavy atom. The molecule has 3 heterocycles. The van der Waals surface area contributed by atoms with Gasteiger partial charge in [-0.1, -0.05) is 81.7 Å². The number of amides is 6. The van der Waals surface area contributed by atoms with Crippen molar-refractivity contribution in [2.24, 2.45) is 47.3 Å². The van der Waals surface area contributed by atoms with Crippen LogP contribution in [0.1, 0.15) is 188 Å². The van der Waals surface area contributed by atoms with E-state index in [1.807, 2.05) is 60.5 Å². The molecule has 570 valence electrons. The fraction of sp³-hybridized carbons (Fsp3) is 0.699. The molecule has 1 aromatic carbocycles. The Bertz CT molecular complexity index is 3230. The Morgan fingerprint density at radius 3 is 2.09 bits per heavy atom. The molecule has 7 unspecified atom stereocenters. The van der Waals surface area contributed by atoms with Crippen LogP contribution in [0.4, 0.5) is 5.69 Å². The van der Waals surface area contributed by atoms with Crippen LogP contribution in [0.5, 0.6) is 5.75 Å². The van der Waals surface area contributed by atoms with Gasteiger partial charge < -0.3 is 55.2 Å². The number of Topliss-reactive ketones (excluding diaryl/α,β-unsaturated/α-hetero) is 4. The third-order valence-electron chi connectivity index (χ3n) is 19.0. The van der Waals surface area contributed by atoms with Crippen molar-refractivity contribution in [1.82, 2.24) is 36.1 Å². The maximum absolute atomic E-state index is 14.6. The number of thioether (sulfide) groups is 2. The van der Waals surface area contributed by atoms with Crippen molar-refractivity contribution in [3.05, 3.63) is 39.8 Å². The Labute approximate surface area is 614 Å². The number of nitrogens with one attached hydrogen (secondary N) is 5. The van der Waals surface area contributed by atoms with Gasteiger partial charge in [0.15, 0.2) is 23.4 Å². The zero-order valence-electron chi connectivity index (χ0n) is 62.9. The number of rotatable bonds is 22. The number of esters is 3. The minimum atomic E-state index is -1.25. The van der Waals surface area contributed by atoms with Crippen LogP contribution in [0.2, 0.25) is 0 Å². The highest BCUT2D eigenvalue weighted by molar-refractivity contribution is 8.20. The smallest absolute Gasteiger partial charge is 0.314 e. The van der Waals surface area contributed by atoms with Gasteiger partial charge in [0.25, 0.3) is 5.91 Å². The normalized spacial score (nSPS) is 22.5. The number of nitrogens with zero attached hydrogens (tertiary/aromatic N) is 3. The monoisotopic (exact) mass is 1480 g/mol. The topological polar surface area (TPSA) is 348 Å². The summed E-state index contributed by atoms with van der Waals surface area (Å²) in [6.45, 7) is 24.7. The molecule has 2 aromatic rings. The van der Waals surface area contributed by atoms with E-state index in [1.54, 1.807) is 52.6 Å². The van der Waals surface area contributed by atoms with E-state index in [2.05, 4.69) is 31.6 Å². The number of fused-ring (bicyclic) bond motifs is 2. The molecular weight excluding hydrogens is 1370 g/mol. The molecular formula is C73H112N8O18S3. The molecule has 0 saturated carbocycles. The maximum Gasteiger partial charge on any atom is 0.314 e. The van der Waals surface area contributed by atoms with Gasteiger partial charge >= 0.3 is 17.9 Å². The second kappa shape index (κ2) is 42.3. The molecule has 29 heteroatoms. The van der Waals surface area contributed by atoms with E-state index in [0.29, 0.717) is 23.5 Å². The largest absolute Gasteiger partial charge is 0.469 e. The molecule has 0 bridgehead atoms. The number of thiazole rings is 1. The number of hydrogen-bond acceptors (Lipinski definition) is 23. The van der Waals surface area contributed by atoms with Gasteiger partial charge in [0.2, 0.25) is 29.5 Å². The molecule has 4 rings (SSSR count). The van der Waals surface area contributed by atoms with Gasteiger partial charge in [-0.2, -0.15) is 0 Å². The van der Waals surface area contributed by atoms with Crippen LogP contribution in [0.25, 0.3) is 0 Å². The van der Waals surface area contributed by atoms with Crippen molar-refractivity contribution in [2.75, 3.05) is 71.6 Å². The van der Waals surface area contributed by atoms with Gasteiger partial charge in [-0.15, -0.1) is 34.9 Å². The molecule has 102 heavy (non-hydrogen) atoms. The molecule has 0 radical (unpaired) electrons. The number of ketones is 4. The number of benzene rings is 1. The lowest BCUT2D eigenvalue weighted by Crippen LogP contribution is -2.50. The van der Waals surface area contributed by atoms with Crippen LogP contribution in [0.3, 0.4) is 0 Å². The van der Waals surface area contributed by atoms with Gasteiger partial charge in [0, 0.05) is 106 Å². The number of carbonyl (C=O) groups is 13. The molecule has 0 aliphatic carbocycles. The second-order valence-corrected chi connectivity index (χ2v) is 32.1. The fourth-order valence-electron chi connectivity index (χ4n) is 11.7. The van der Waals surface area contributed by atoms with Crippen molar-refractivity contribution in [2.45, 2.75) is 214 Å². The minimum absolute atomic E-state index is 0.00244. The summed E-state index contributed by atoms with van der Waals surface area (Å²) < 4.78 is 28.3.